The number of fused-ring (bicyclic) bond motifs is 1. The van der Waals surface area contributed by atoms with E-state index < -0.39 is 4.92 Å². The Bertz CT molecular complexity index is 543. The fraction of sp³-hybridized carbons (Fsp3) is 0.462. The second-order valence-electron chi connectivity index (χ2n) is 4.93. The summed E-state index contributed by atoms with van der Waals surface area (Å²) in [6.45, 7) is 2.23. The molecular weight excluding hydrogens is 262 g/mol. The first kappa shape index (κ1) is 14.3. The Labute approximate surface area is 116 Å². The average molecular weight is 279 g/mol. The maximum absolute atomic E-state index is 11.3. The third kappa shape index (κ3) is 3.24. The lowest BCUT2D eigenvalue weighted by molar-refractivity contribution is -0.384. The van der Waals surface area contributed by atoms with E-state index in [2.05, 4.69) is 10.6 Å². The van der Waals surface area contributed by atoms with Gasteiger partial charge in [-0.25, -0.2) is 0 Å². The molecule has 7 nitrogen and oxygen atoms in total. The molecule has 1 aromatic rings. The molecule has 7 heteroatoms. The van der Waals surface area contributed by atoms with E-state index in [0.29, 0.717) is 36.3 Å². The molecule has 0 saturated carbocycles. The number of aliphatic hydroxyl groups is 1. The van der Waals surface area contributed by atoms with Gasteiger partial charge in [0.25, 0.3) is 5.69 Å². The SMILES string of the molecule is CC(O)CCCNc1cc2c(cc1[N+](=O)[O-])CC(=O)N2. The van der Waals surface area contributed by atoms with Crippen molar-refractivity contribution in [3.63, 3.8) is 0 Å². The number of rotatable bonds is 6. The van der Waals surface area contributed by atoms with Gasteiger partial charge in [-0.05, 0) is 31.4 Å². The summed E-state index contributed by atoms with van der Waals surface area (Å²) in [5, 5.41) is 25.9. The monoisotopic (exact) mass is 279 g/mol. The topological polar surface area (TPSA) is 104 Å². The van der Waals surface area contributed by atoms with Gasteiger partial charge in [0.15, 0.2) is 0 Å². The van der Waals surface area contributed by atoms with Crippen LogP contribution in [0.4, 0.5) is 17.1 Å². The number of nitrogens with one attached hydrogen (secondary N) is 2. The molecule has 0 bridgehead atoms. The van der Waals surface area contributed by atoms with Crippen molar-refractivity contribution in [2.24, 2.45) is 0 Å². The van der Waals surface area contributed by atoms with E-state index in [0.717, 1.165) is 0 Å². The summed E-state index contributed by atoms with van der Waals surface area (Å²) in [6, 6.07) is 3.03. The van der Waals surface area contributed by atoms with Crippen molar-refractivity contribution in [3.8, 4) is 0 Å². The molecule has 0 aromatic heterocycles. The predicted molar refractivity (Wildman–Crippen MR) is 74.8 cm³/mol. The number of nitro groups is 1. The third-order valence-electron chi connectivity index (χ3n) is 3.16. The molecule has 0 radical (unpaired) electrons. The van der Waals surface area contributed by atoms with Crippen LogP contribution in [0.1, 0.15) is 25.3 Å². The number of benzene rings is 1. The van der Waals surface area contributed by atoms with Crippen molar-refractivity contribution in [3.05, 3.63) is 27.8 Å². The minimum atomic E-state index is -0.458. The zero-order valence-electron chi connectivity index (χ0n) is 11.2. The second kappa shape index (κ2) is 5.87. The van der Waals surface area contributed by atoms with Crippen LogP contribution in [0.2, 0.25) is 0 Å². The summed E-state index contributed by atoms with van der Waals surface area (Å²) in [4.78, 5) is 21.9. The van der Waals surface area contributed by atoms with Crippen molar-refractivity contribution in [2.45, 2.75) is 32.3 Å². The lowest BCUT2D eigenvalue weighted by Gasteiger charge is -2.10. The van der Waals surface area contributed by atoms with Gasteiger partial charge >= 0.3 is 0 Å². The summed E-state index contributed by atoms with van der Waals surface area (Å²) in [7, 11) is 0. The maximum Gasteiger partial charge on any atom is 0.292 e. The van der Waals surface area contributed by atoms with Crippen LogP contribution < -0.4 is 10.6 Å². The Balaban J connectivity index is 2.13. The van der Waals surface area contributed by atoms with Crippen molar-refractivity contribution in [2.75, 3.05) is 17.2 Å². The number of carbonyl (C=O) groups excluding carboxylic acids is 1. The minimum absolute atomic E-state index is 0.0303. The van der Waals surface area contributed by atoms with Crippen LogP contribution in [-0.2, 0) is 11.2 Å². The van der Waals surface area contributed by atoms with Gasteiger partial charge in [-0.15, -0.1) is 0 Å². The van der Waals surface area contributed by atoms with Crippen LogP contribution in [0.3, 0.4) is 0 Å². The van der Waals surface area contributed by atoms with Gasteiger partial charge in [-0.1, -0.05) is 0 Å². The summed E-state index contributed by atoms with van der Waals surface area (Å²) < 4.78 is 0. The molecular formula is C13H17N3O4. The van der Waals surface area contributed by atoms with Crippen LogP contribution in [0.25, 0.3) is 0 Å². The first-order valence-corrected chi connectivity index (χ1v) is 6.50. The van der Waals surface area contributed by atoms with Crippen molar-refractivity contribution in [1.82, 2.24) is 0 Å². The number of aliphatic hydroxyl groups excluding tert-OH is 1. The molecule has 3 N–H and O–H groups in total. The summed E-state index contributed by atoms with van der Waals surface area (Å²) in [6.07, 6.45) is 1.13. The predicted octanol–water partition coefficient (Wildman–Crippen LogP) is 1.66. The highest BCUT2D eigenvalue weighted by atomic mass is 16.6. The van der Waals surface area contributed by atoms with E-state index in [-0.39, 0.29) is 24.1 Å². The Morgan fingerprint density at radius 3 is 2.95 bits per heavy atom. The van der Waals surface area contributed by atoms with Crippen LogP contribution >= 0.6 is 0 Å². The van der Waals surface area contributed by atoms with Crippen molar-refractivity contribution < 1.29 is 14.8 Å². The van der Waals surface area contributed by atoms with Gasteiger partial charge in [0.05, 0.1) is 17.4 Å². The van der Waals surface area contributed by atoms with Gasteiger partial charge in [-0.2, -0.15) is 0 Å². The Morgan fingerprint density at radius 1 is 1.55 bits per heavy atom. The molecule has 1 heterocycles. The van der Waals surface area contributed by atoms with Crippen molar-refractivity contribution in [1.29, 1.82) is 0 Å². The van der Waals surface area contributed by atoms with Gasteiger partial charge in [-0.3, -0.25) is 14.9 Å². The first-order chi connectivity index (χ1) is 9.47. The maximum atomic E-state index is 11.3. The summed E-state index contributed by atoms with van der Waals surface area (Å²) in [5.41, 5.74) is 1.63. The standard InChI is InChI=1S/C13H17N3O4/c1-8(17)3-2-4-14-11-7-10-9(6-13(18)15-10)5-12(11)16(19)20/h5,7-8,14,17H,2-4,6H2,1H3,(H,15,18). The highest BCUT2D eigenvalue weighted by Crippen LogP contribution is 2.34. The molecule has 20 heavy (non-hydrogen) atoms. The molecule has 1 aromatic carbocycles. The average Bonchev–Trinajstić information content (AvgIpc) is 2.72. The normalized spacial score (nSPS) is 14.6. The van der Waals surface area contributed by atoms with Gasteiger partial charge in [0.1, 0.15) is 5.69 Å². The van der Waals surface area contributed by atoms with Crippen LogP contribution in [0.5, 0.6) is 0 Å². The second-order valence-corrected chi connectivity index (χ2v) is 4.93. The molecule has 1 atom stereocenters. The van der Waals surface area contributed by atoms with Gasteiger partial charge in [0.2, 0.25) is 5.91 Å². The molecule has 1 aliphatic heterocycles. The van der Waals surface area contributed by atoms with E-state index >= 15 is 0 Å². The van der Waals surface area contributed by atoms with E-state index in [9.17, 15) is 14.9 Å². The molecule has 0 fully saturated rings. The zero-order chi connectivity index (χ0) is 14.7. The lowest BCUT2D eigenvalue weighted by Crippen LogP contribution is -2.08. The highest BCUT2D eigenvalue weighted by Gasteiger charge is 2.24. The van der Waals surface area contributed by atoms with Gasteiger partial charge in [0, 0.05) is 18.3 Å². The molecule has 2 rings (SSSR count). The first-order valence-electron chi connectivity index (χ1n) is 6.50. The smallest absolute Gasteiger partial charge is 0.292 e. The Morgan fingerprint density at radius 2 is 2.30 bits per heavy atom. The fourth-order valence-electron chi connectivity index (χ4n) is 2.17. The summed E-state index contributed by atoms with van der Waals surface area (Å²) in [5.74, 6) is -0.152. The largest absolute Gasteiger partial charge is 0.393 e. The third-order valence-corrected chi connectivity index (χ3v) is 3.16. The molecule has 0 aliphatic carbocycles. The van der Waals surface area contributed by atoms with Crippen LogP contribution in [0, 0.1) is 10.1 Å². The summed E-state index contributed by atoms with van der Waals surface area (Å²) >= 11 is 0. The Kier molecular flexibility index (Phi) is 4.19. The van der Waals surface area contributed by atoms with Crippen LogP contribution in [-0.4, -0.2) is 28.6 Å². The number of amides is 1. The lowest BCUT2D eigenvalue weighted by atomic mass is 10.1. The number of nitrogens with zero attached hydrogens (tertiary/aromatic N) is 1. The van der Waals surface area contributed by atoms with Crippen LogP contribution in [0.15, 0.2) is 12.1 Å². The quantitative estimate of drug-likeness (QED) is 0.417. The zero-order valence-corrected chi connectivity index (χ0v) is 11.2. The molecule has 1 aliphatic rings. The molecule has 0 saturated heterocycles. The minimum Gasteiger partial charge on any atom is -0.393 e. The van der Waals surface area contributed by atoms with E-state index in [1.54, 1.807) is 13.0 Å². The molecule has 1 unspecified atom stereocenters. The van der Waals surface area contributed by atoms with E-state index in [1.807, 2.05) is 0 Å². The number of carbonyl (C=O) groups is 1. The number of hydrogen-bond acceptors (Lipinski definition) is 5. The number of hydrogen-bond donors (Lipinski definition) is 3. The fourth-order valence-corrected chi connectivity index (χ4v) is 2.17. The molecule has 0 spiro atoms. The van der Waals surface area contributed by atoms with E-state index in [4.69, 9.17) is 5.11 Å². The Hall–Kier alpha value is -2.15. The van der Waals surface area contributed by atoms with E-state index in [1.165, 1.54) is 6.07 Å². The van der Waals surface area contributed by atoms with Gasteiger partial charge < -0.3 is 15.7 Å². The number of nitro benzene ring substituents is 1. The van der Waals surface area contributed by atoms with Crippen molar-refractivity contribution >= 4 is 23.0 Å². The number of anilines is 2. The highest BCUT2D eigenvalue weighted by molar-refractivity contribution is 6.00. The molecule has 1 amide bonds. The molecule has 108 valence electrons.